The van der Waals surface area contributed by atoms with Crippen LogP contribution in [0.5, 0.6) is 5.75 Å². The topological polar surface area (TPSA) is 55.0 Å². The van der Waals surface area contributed by atoms with Crippen LogP contribution >= 0.6 is 22.6 Å². The molecule has 20 heavy (non-hydrogen) atoms. The number of hydrogen-bond acceptors (Lipinski definition) is 3. The highest BCUT2D eigenvalue weighted by Crippen LogP contribution is 2.40. The van der Waals surface area contributed by atoms with Crippen molar-refractivity contribution in [3.63, 3.8) is 0 Å². The molecule has 0 unspecified atom stereocenters. The van der Waals surface area contributed by atoms with Gasteiger partial charge in [-0.15, -0.1) is 0 Å². The molecule has 1 fully saturated rings. The van der Waals surface area contributed by atoms with E-state index in [4.69, 9.17) is 4.74 Å². The number of aromatic nitrogens is 2. The van der Waals surface area contributed by atoms with E-state index in [1.165, 1.54) is 0 Å². The van der Waals surface area contributed by atoms with Gasteiger partial charge in [0.1, 0.15) is 11.6 Å². The van der Waals surface area contributed by atoms with Crippen LogP contribution in [0.3, 0.4) is 0 Å². The highest BCUT2D eigenvalue weighted by Gasteiger charge is 2.28. The summed E-state index contributed by atoms with van der Waals surface area (Å²) in [7, 11) is 1.65. The van der Waals surface area contributed by atoms with E-state index >= 15 is 0 Å². The van der Waals surface area contributed by atoms with Crippen molar-refractivity contribution in [1.29, 1.82) is 0 Å². The second-order valence-electron chi connectivity index (χ2n) is 5.01. The Labute approximate surface area is 130 Å². The molecule has 1 aliphatic carbocycles. The first-order valence-electron chi connectivity index (χ1n) is 6.59. The molecule has 0 bridgehead atoms. The van der Waals surface area contributed by atoms with Gasteiger partial charge in [0.25, 0.3) is 5.56 Å². The molecule has 3 rings (SSSR count). The third kappa shape index (κ3) is 2.87. The predicted octanol–water partition coefficient (Wildman–Crippen LogP) is 2.85. The number of nitrogens with zero attached hydrogens (tertiary/aromatic N) is 1. The molecular formula is C15H15IN2O2. The largest absolute Gasteiger partial charge is 0.497 e. The standard InChI is InChI=1S/C15H15IN2O2/c1-20-11-6-2-9(3-7-11)8-12-17-14(10-4-5-10)13(16)15(19)18-12/h2-3,6-7,10H,4-5,8H2,1H3,(H,17,18,19). The molecule has 4 nitrogen and oxygen atoms in total. The van der Waals surface area contributed by atoms with Gasteiger partial charge in [0.15, 0.2) is 0 Å². The molecule has 104 valence electrons. The highest BCUT2D eigenvalue weighted by molar-refractivity contribution is 14.1. The van der Waals surface area contributed by atoms with Crippen molar-refractivity contribution in [3.05, 3.63) is 55.3 Å². The van der Waals surface area contributed by atoms with Crippen molar-refractivity contribution in [2.45, 2.75) is 25.2 Å². The molecular weight excluding hydrogens is 367 g/mol. The van der Waals surface area contributed by atoms with E-state index in [2.05, 4.69) is 32.6 Å². The van der Waals surface area contributed by atoms with Crippen LogP contribution in [-0.4, -0.2) is 17.1 Å². The first kappa shape index (κ1) is 13.6. The summed E-state index contributed by atoms with van der Waals surface area (Å²) < 4.78 is 5.88. The molecule has 2 aromatic rings. The Morgan fingerprint density at radius 3 is 2.65 bits per heavy atom. The van der Waals surface area contributed by atoms with Gasteiger partial charge < -0.3 is 9.72 Å². The number of hydrogen-bond donors (Lipinski definition) is 1. The smallest absolute Gasteiger partial charge is 0.264 e. The second-order valence-corrected chi connectivity index (χ2v) is 6.09. The van der Waals surface area contributed by atoms with Crippen LogP contribution in [0.15, 0.2) is 29.1 Å². The number of rotatable bonds is 4. The van der Waals surface area contributed by atoms with Gasteiger partial charge in [-0.3, -0.25) is 4.79 Å². The molecule has 1 aromatic carbocycles. The van der Waals surface area contributed by atoms with Crippen LogP contribution in [0.1, 0.15) is 35.8 Å². The van der Waals surface area contributed by atoms with Gasteiger partial charge in [0.05, 0.1) is 16.4 Å². The van der Waals surface area contributed by atoms with Gasteiger partial charge in [0, 0.05) is 12.3 Å². The summed E-state index contributed by atoms with van der Waals surface area (Å²) in [6.07, 6.45) is 2.93. The Kier molecular flexibility index (Phi) is 3.78. The Balaban J connectivity index is 1.88. The molecule has 0 spiro atoms. The lowest BCUT2D eigenvalue weighted by Gasteiger charge is -2.06. The van der Waals surface area contributed by atoms with Crippen molar-refractivity contribution in [2.24, 2.45) is 0 Å². The molecule has 1 aliphatic rings. The number of ether oxygens (including phenoxy) is 1. The van der Waals surface area contributed by atoms with Crippen LogP contribution in [0.4, 0.5) is 0 Å². The highest BCUT2D eigenvalue weighted by atomic mass is 127. The fraction of sp³-hybridized carbons (Fsp3) is 0.333. The quantitative estimate of drug-likeness (QED) is 0.828. The molecule has 1 saturated carbocycles. The number of H-pyrrole nitrogens is 1. The zero-order valence-electron chi connectivity index (χ0n) is 11.1. The Morgan fingerprint density at radius 2 is 2.05 bits per heavy atom. The Bertz CT molecular complexity index is 675. The molecule has 1 heterocycles. The summed E-state index contributed by atoms with van der Waals surface area (Å²) in [5.74, 6) is 2.05. The van der Waals surface area contributed by atoms with E-state index < -0.39 is 0 Å². The molecule has 5 heteroatoms. The van der Waals surface area contributed by atoms with Crippen molar-refractivity contribution in [3.8, 4) is 5.75 Å². The number of methoxy groups -OCH3 is 1. The summed E-state index contributed by atoms with van der Waals surface area (Å²) in [4.78, 5) is 19.5. The van der Waals surface area contributed by atoms with Crippen molar-refractivity contribution in [1.82, 2.24) is 9.97 Å². The van der Waals surface area contributed by atoms with Crippen LogP contribution in [0.25, 0.3) is 0 Å². The lowest BCUT2D eigenvalue weighted by atomic mass is 10.1. The van der Waals surface area contributed by atoms with Gasteiger partial charge in [-0.1, -0.05) is 12.1 Å². The minimum atomic E-state index is -0.0222. The monoisotopic (exact) mass is 382 g/mol. The maximum Gasteiger partial charge on any atom is 0.264 e. The maximum atomic E-state index is 12.0. The minimum Gasteiger partial charge on any atom is -0.497 e. The van der Waals surface area contributed by atoms with E-state index in [0.717, 1.165) is 39.2 Å². The first-order valence-corrected chi connectivity index (χ1v) is 7.67. The normalized spacial score (nSPS) is 14.3. The van der Waals surface area contributed by atoms with E-state index in [-0.39, 0.29) is 5.56 Å². The third-order valence-electron chi connectivity index (χ3n) is 3.43. The average Bonchev–Trinajstić information content (AvgIpc) is 3.28. The fourth-order valence-corrected chi connectivity index (χ4v) is 2.87. The number of halogens is 1. The Hall–Kier alpha value is -1.37. The lowest BCUT2D eigenvalue weighted by Crippen LogP contribution is -2.18. The minimum absolute atomic E-state index is 0.0222. The summed E-state index contributed by atoms with van der Waals surface area (Å²) in [6, 6.07) is 7.82. The van der Waals surface area contributed by atoms with Gasteiger partial charge in [0.2, 0.25) is 0 Å². The van der Waals surface area contributed by atoms with E-state index in [1.54, 1.807) is 7.11 Å². The second kappa shape index (κ2) is 5.55. The number of benzene rings is 1. The third-order valence-corrected chi connectivity index (χ3v) is 4.47. The van der Waals surface area contributed by atoms with Crippen LogP contribution < -0.4 is 10.3 Å². The van der Waals surface area contributed by atoms with E-state index in [9.17, 15) is 4.79 Å². The molecule has 0 amide bonds. The lowest BCUT2D eigenvalue weighted by molar-refractivity contribution is 0.414. The van der Waals surface area contributed by atoms with Crippen molar-refractivity contribution >= 4 is 22.6 Å². The zero-order valence-corrected chi connectivity index (χ0v) is 13.3. The molecule has 0 atom stereocenters. The summed E-state index contributed by atoms with van der Waals surface area (Å²) in [5.41, 5.74) is 2.06. The predicted molar refractivity (Wildman–Crippen MR) is 85.3 cm³/mol. The molecule has 1 aromatic heterocycles. The summed E-state index contributed by atoms with van der Waals surface area (Å²) >= 11 is 2.09. The van der Waals surface area contributed by atoms with Crippen molar-refractivity contribution < 1.29 is 4.74 Å². The zero-order chi connectivity index (χ0) is 14.1. The van der Waals surface area contributed by atoms with Gasteiger partial charge >= 0.3 is 0 Å². The Morgan fingerprint density at radius 1 is 1.35 bits per heavy atom. The van der Waals surface area contributed by atoms with Crippen LogP contribution in [-0.2, 0) is 6.42 Å². The van der Waals surface area contributed by atoms with Gasteiger partial charge in [-0.2, -0.15) is 0 Å². The van der Waals surface area contributed by atoms with Gasteiger partial charge in [-0.05, 0) is 53.1 Å². The maximum absolute atomic E-state index is 12.0. The fourth-order valence-electron chi connectivity index (χ4n) is 2.17. The van der Waals surface area contributed by atoms with Gasteiger partial charge in [-0.25, -0.2) is 4.98 Å². The summed E-state index contributed by atoms with van der Waals surface area (Å²) in [5, 5.41) is 0. The van der Waals surface area contributed by atoms with Crippen molar-refractivity contribution in [2.75, 3.05) is 7.11 Å². The molecule has 0 aliphatic heterocycles. The SMILES string of the molecule is COc1ccc(Cc2nc(C3CC3)c(I)c(=O)[nH]2)cc1. The van der Waals surface area contributed by atoms with Crippen LogP contribution in [0, 0.1) is 3.57 Å². The summed E-state index contributed by atoms with van der Waals surface area (Å²) in [6.45, 7) is 0. The number of aromatic amines is 1. The number of nitrogens with one attached hydrogen (secondary N) is 1. The molecule has 0 saturated heterocycles. The first-order chi connectivity index (χ1) is 9.67. The van der Waals surface area contributed by atoms with E-state index in [0.29, 0.717) is 12.3 Å². The average molecular weight is 382 g/mol. The van der Waals surface area contributed by atoms with Crippen LogP contribution in [0.2, 0.25) is 0 Å². The molecule has 0 radical (unpaired) electrons. The van der Waals surface area contributed by atoms with E-state index in [1.807, 2.05) is 24.3 Å². The molecule has 1 N–H and O–H groups in total.